The standard InChI is InChI=1S/C58H37NO/c1-2-14-42-36-44(25-24-38(42)12-1)57-48-17-6-3-13-39(48)30-35-50(57)41-28-33-46(34-29-41)59(54-37-43-15-4-5-16-47(43)51-18-7-8-19-52(51)54)45-31-26-40(27-32-45)49-21-11-23-56-58(49)53-20-9-10-22-55(53)60-56/h1-37H. The number of hydrogen-bond acceptors (Lipinski definition) is 2. The number of rotatable bonds is 6. The maximum atomic E-state index is 6.27. The van der Waals surface area contributed by atoms with E-state index < -0.39 is 0 Å². The summed E-state index contributed by atoms with van der Waals surface area (Å²) >= 11 is 0. The van der Waals surface area contributed by atoms with Gasteiger partial charge in [0.15, 0.2) is 0 Å². The lowest BCUT2D eigenvalue weighted by Crippen LogP contribution is -2.10. The van der Waals surface area contributed by atoms with Crippen molar-refractivity contribution in [3.63, 3.8) is 0 Å². The van der Waals surface area contributed by atoms with Gasteiger partial charge in [-0.15, -0.1) is 0 Å². The van der Waals surface area contributed by atoms with E-state index in [1.807, 2.05) is 12.1 Å². The van der Waals surface area contributed by atoms with Gasteiger partial charge in [0.2, 0.25) is 0 Å². The van der Waals surface area contributed by atoms with Crippen LogP contribution in [0.2, 0.25) is 0 Å². The van der Waals surface area contributed by atoms with Crippen LogP contribution in [0, 0.1) is 0 Å². The zero-order chi connectivity index (χ0) is 39.6. The highest BCUT2D eigenvalue weighted by Crippen LogP contribution is 2.45. The van der Waals surface area contributed by atoms with Gasteiger partial charge in [0, 0.05) is 27.5 Å². The fourth-order valence-electron chi connectivity index (χ4n) is 9.41. The molecule has 0 fully saturated rings. The average molecular weight is 764 g/mol. The van der Waals surface area contributed by atoms with Crippen LogP contribution in [0.4, 0.5) is 17.1 Å². The minimum absolute atomic E-state index is 0.900. The summed E-state index contributed by atoms with van der Waals surface area (Å²) in [5, 5.41) is 12.1. The van der Waals surface area contributed by atoms with Crippen molar-refractivity contribution in [2.45, 2.75) is 0 Å². The lowest BCUT2D eigenvalue weighted by Gasteiger charge is -2.28. The van der Waals surface area contributed by atoms with Gasteiger partial charge in [0.05, 0.1) is 5.69 Å². The van der Waals surface area contributed by atoms with Gasteiger partial charge in [0.25, 0.3) is 0 Å². The number of furan rings is 1. The average Bonchev–Trinajstić information content (AvgIpc) is 3.71. The molecular weight excluding hydrogens is 727 g/mol. The quantitative estimate of drug-likeness (QED) is 0.157. The minimum atomic E-state index is 0.900. The van der Waals surface area contributed by atoms with Crippen molar-refractivity contribution >= 4 is 82.1 Å². The molecule has 2 nitrogen and oxygen atoms in total. The van der Waals surface area contributed by atoms with Gasteiger partial charge in [-0.25, -0.2) is 0 Å². The van der Waals surface area contributed by atoms with Crippen molar-refractivity contribution in [1.82, 2.24) is 0 Å². The first-order valence-electron chi connectivity index (χ1n) is 20.6. The van der Waals surface area contributed by atoms with Gasteiger partial charge in [-0.3, -0.25) is 0 Å². The van der Waals surface area contributed by atoms with Gasteiger partial charge in [-0.1, -0.05) is 176 Å². The lowest BCUT2D eigenvalue weighted by molar-refractivity contribution is 0.669. The Hall–Kier alpha value is -7.94. The second-order valence-electron chi connectivity index (χ2n) is 15.6. The Bertz CT molecular complexity index is 3600. The summed E-state index contributed by atoms with van der Waals surface area (Å²) in [4.78, 5) is 2.42. The molecular formula is C58H37NO. The summed E-state index contributed by atoms with van der Waals surface area (Å²) in [6.07, 6.45) is 0. The molecule has 0 atom stereocenters. The molecule has 0 saturated heterocycles. The molecule has 1 heterocycles. The first kappa shape index (κ1) is 34.1. The van der Waals surface area contributed by atoms with Crippen LogP contribution in [0.15, 0.2) is 229 Å². The van der Waals surface area contributed by atoms with Gasteiger partial charge in [0.1, 0.15) is 11.2 Å². The van der Waals surface area contributed by atoms with E-state index in [9.17, 15) is 0 Å². The van der Waals surface area contributed by atoms with Crippen molar-refractivity contribution < 1.29 is 4.42 Å². The largest absolute Gasteiger partial charge is 0.456 e. The molecule has 0 radical (unpaired) electrons. The molecule has 0 bridgehead atoms. The number of hydrogen-bond donors (Lipinski definition) is 0. The monoisotopic (exact) mass is 763 g/mol. The van der Waals surface area contributed by atoms with Crippen LogP contribution in [-0.4, -0.2) is 0 Å². The normalized spacial score (nSPS) is 11.7. The molecule has 0 saturated carbocycles. The topological polar surface area (TPSA) is 16.4 Å². The number of anilines is 3. The summed E-state index contributed by atoms with van der Waals surface area (Å²) in [5.74, 6) is 0. The Labute approximate surface area is 347 Å². The molecule has 280 valence electrons. The Morgan fingerprint density at radius 1 is 0.300 bits per heavy atom. The van der Waals surface area contributed by atoms with Crippen molar-refractivity contribution in [3.05, 3.63) is 224 Å². The minimum Gasteiger partial charge on any atom is -0.456 e. The van der Waals surface area contributed by atoms with Crippen LogP contribution >= 0.6 is 0 Å². The van der Waals surface area contributed by atoms with Gasteiger partial charge in [-0.2, -0.15) is 0 Å². The third kappa shape index (κ3) is 5.57. The number of para-hydroxylation sites is 1. The van der Waals surface area contributed by atoms with E-state index in [0.717, 1.165) is 50.1 Å². The number of fused-ring (bicyclic) bond motifs is 8. The van der Waals surface area contributed by atoms with Crippen molar-refractivity contribution in [3.8, 4) is 33.4 Å². The molecule has 0 aliphatic heterocycles. The number of benzene rings is 11. The van der Waals surface area contributed by atoms with E-state index in [1.165, 1.54) is 65.3 Å². The zero-order valence-corrected chi connectivity index (χ0v) is 32.7. The first-order chi connectivity index (χ1) is 29.7. The molecule has 0 spiro atoms. The maximum absolute atomic E-state index is 6.27. The first-order valence-corrected chi connectivity index (χ1v) is 20.6. The van der Waals surface area contributed by atoms with Gasteiger partial charge < -0.3 is 9.32 Å². The fraction of sp³-hybridized carbons (Fsp3) is 0. The SMILES string of the molecule is c1ccc2cc(-c3c(-c4ccc(N(c5ccc(-c6cccc7oc8ccccc8c67)cc5)c5cc6ccccc6c6ccccc56)cc4)ccc4ccccc34)ccc2c1. The predicted molar refractivity (Wildman–Crippen MR) is 255 cm³/mol. The second-order valence-corrected chi connectivity index (χ2v) is 15.6. The van der Waals surface area contributed by atoms with E-state index in [0.29, 0.717) is 0 Å². The number of nitrogens with zero attached hydrogens (tertiary/aromatic N) is 1. The van der Waals surface area contributed by atoms with E-state index in [1.54, 1.807) is 0 Å². The summed E-state index contributed by atoms with van der Waals surface area (Å²) < 4.78 is 6.27. The van der Waals surface area contributed by atoms with Crippen molar-refractivity contribution in [2.75, 3.05) is 4.90 Å². The van der Waals surface area contributed by atoms with Crippen LogP contribution in [0.5, 0.6) is 0 Å². The Balaban J connectivity index is 1.03. The van der Waals surface area contributed by atoms with Crippen LogP contribution in [0.3, 0.4) is 0 Å². The van der Waals surface area contributed by atoms with Crippen LogP contribution in [-0.2, 0) is 0 Å². The fourth-order valence-corrected chi connectivity index (χ4v) is 9.41. The Morgan fingerprint density at radius 3 is 1.62 bits per heavy atom. The molecule has 0 amide bonds. The summed E-state index contributed by atoms with van der Waals surface area (Å²) in [7, 11) is 0. The van der Waals surface area contributed by atoms with E-state index in [-0.39, 0.29) is 0 Å². The van der Waals surface area contributed by atoms with Crippen molar-refractivity contribution in [1.29, 1.82) is 0 Å². The summed E-state index contributed by atoms with van der Waals surface area (Å²) in [6, 6.07) is 81.4. The highest BCUT2D eigenvalue weighted by molar-refractivity contribution is 6.15. The molecule has 2 heteroatoms. The predicted octanol–water partition coefficient (Wildman–Crippen LogP) is 16.7. The lowest BCUT2D eigenvalue weighted by atomic mass is 9.89. The molecule has 12 aromatic rings. The summed E-state index contributed by atoms with van der Waals surface area (Å²) in [5.41, 5.74) is 12.3. The molecule has 0 aliphatic carbocycles. The van der Waals surface area contributed by atoms with E-state index in [4.69, 9.17) is 4.42 Å². The van der Waals surface area contributed by atoms with Gasteiger partial charge >= 0.3 is 0 Å². The smallest absolute Gasteiger partial charge is 0.136 e. The third-order valence-electron chi connectivity index (χ3n) is 12.2. The highest BCUT2D eigenvalue weighted by Gasteiger charge is 2.20. The molecule has 11 aromatic carbocycles. The molecule has 12 rings (SSSR count). The van der Waals surface area contributed by atoms with Crippen LogP contribution in [0.25, 0.3) is 98.4 Å². The summed E-state index contributed by atoms with van der Waals surface area (Å²) in [6.45, 7) is 0. The molecule has 1 aromatic heterocycles. The molecule has 0 N–H and O–H groups in total. The molecule has 60 heavy (non-hydrogen) atoms. The Kier molecular flexibility index (Phi) is 7.89. The van der Waals surface area contributed by atoms with Gasteiger partial charge in [-0.05, 0) is 120 Å². The molecule has 0 unspecified atom stereocenters. The second kappa shape index (κ2) is 13.9. The maximum Gasteiger partial charge on any atom is 0.136 e. The van der Waals surface area contributed by atoms with Crippen LogP contribution < -0.4 is 4.90 Å². The van der Waals surface area contributed by atoms with E-state index in [2.05, 4.69) is 217 Å². The van der Waals surface area contributed by atoms with E-state index >= 15 is 0 Å². The Morgan fingerprint density at radius 2 is 0.850 bits per heavy atom. The van der Waals surface area contributed by atoms with Crippen LogP contribution in [0.1, 0.15) is 0 Å². The van der Waals surface area contributed by atoms with Crippen molar-refractivity contribution in [2.24, 2.45) is 0 Å². The highest BCUT2D eigenvalue weighted by atomic mass is 16.3. The third-order valence-corrected chi connectivity index (χ3v) is 12.2. The molecule has 0 aliphatic rings. The zero-order valence-electron chi connectivity index (χ0n) is 32.7.